The van der Waals surface area contributed by atoms with Crippen LogP contribution in [0.25, 0.3) is 0 Å². The van der Waals surface area contributed by atoms with Gasteiger partial charge in [-0.15, -0.1) is 0 Å². The molecule has 0 aliphatic rings. The summed E-state index contributed by atoms with van der Waals surface area (Å²) in [6.45, 7) is 1.47. The molecule has 0 heterocycles. The summed E-state index contributed by atoms with van der Waals surface area (Å²) in [4.78, 5) is -0.0878. The molecule has 0 radical (unpaired) electrons. The lowest BCUT2D eigenvalue weighted by Crippen LogP contribution is -2.15. The molecule has 0 spiro atoms. The minimum atomic E-state index is -3.97. The second kappa shape index (κ2) is 5.69. The van der Waals surface area contributed by atoms with Crippen molar-refractivity contribution in [3.8, 4) is 5.75 Å². The number of hydrogen-bond donors (Lipinski definition) is 1. The van der Waals surface area contributed by atoms with Crippen LogP contribution in [0.5, 0.6) is 5.75 Å². The van der Waals surface area contributed by atoms with Crippen molar-refractivity contribution in [2.75, 3.05) is 11.8 Å². The van der Waals surface area contributed by atoms with E-state index in [9.17, 15) is 17.2 Å². The van der Waals surface area contributed by atoms with Crippen molar-refractivity contribution >= 4 is 15.7 Å². The molecule has 21 heavy (non-hydrogen) atoms. The van der Waals surface area contributed by atoms with Crippen LogP contribution in [0.3, 0.4) is 0 Å². The molecular weight excluding hydrogens is 300 g/mol. The van der Waals surface area contributed by atoms with Gasteiger partial charge in [-0.05, 0) is 42.8 Å². The van der Waals surface area contributed by atoms with Gasteiger partial charge in [-0.25, -0.2) is 17.2 Å². The van der Waals surface area contributed by atoms with Crippen LogP contribution in [-0.4, -0.2) is 15.5 Å². The Kier molecular flexibility index (Phi) is 4.13. The molecule has 0 fully saturated rings. The number of methoxy groups -OCH3 is 1. The number of hydrogen-bond acceptors (Lipinski definition) is 3. The fourth-order valence-corrected chi connectivity index (χ4v) is 3.16. The number of rotatable bonds is 4. The second-order valence-corrected chi connectivity index (χ2v) is 6.01. The maximum Gasteiger partial charge on any atom is 0.262 e. The Morgan fingerprint density at radius 2 is 1.67 bits per heavy atom. The molecule has 0 unspecified atom stereocenters. The molecule has 0 saturated heterocycles. The summed E-state index contributed by atoms with van der Waals surface area (Å²) in [6.07, 6.45) is 0. The van der Waals surface area contributed by atoms with Crippen LogP contribution < -0.4 is 9.46 Å². The van der Waals surface area contributed by atoms with Gasteiger partial charge in [0.25, 0.3) is 10.0 Å². The summed E-state index contributed by atoms with van der Waals surface area (Å²) in [6, 6.07) is 6.78. The number of benzene rings is 2. The highest BCUT2D eigenvalue weighted by Gasteiger charge is 2.19. The van der Waals surface area contributed by atoms with E-state index in [-0.39, 0.29) is 21.9 Å². The number of aryl methyl sites for hydroxylation is 1. The number of sulfonamides is 1. The van der Waals surface area contributed by atoms with E-state index < -0.39 is 21.7 Å². The van der Waals surface area contributed by atoms with Gasteiger partial charge in [-0.2, -0.15) is 0 Å². The van der Waals surface area contributed by atoms with Crippen LogP contribution in [0.15, 0.2) is 41.3 Å². The first-order valence-corrected chi connectivity index (χ1v) is 7.44. The average Bonchev–Trinajstić information content (AvgIpc) is 2.37. The smallest absolute Gasteiger partial charge is 0.262 e. The molecular formula is C14H13F2NO3S. The van der Waals surface area contributed by atoms with Gasteiger partial charge in [-0.3, -0.25) is 4.72 Å². The lowest BCUT2D eigenvalue weighted by molar-refractivity contribution is 0.416. The predicted octanol–water partition coefficient (Wildman–Crippen LogP) is 3.08. The Labute approximate surface area is 121 Å². The Morgan fingerprint density at radius 3 is 2.29 bits per heavy atom. The summed E-state index contributed by atoms with van der Waals surface area (Å²) in [7, 11) is -2.63. The maximum absolute atomic E-state index is 13.3. The molecule has 0 amide bonds. The van der Waals surface area contributed by atoms with Crippen molar-refractivity contribution < 1.29 is 21.9 Å². The zero-order valence-corrected chi connectivity index (χ0v) is 12.2. The van der Waals surface area contributed by atoms with Crippen molar-refractivity contribution in [1.82, 2.24) is 0 Å². The molecule has 0 bridgehead atoms. The molecule has 1 N–H and O–H groups in total. The zero-order chi connectivity index (χ0) is 15.6. The van der Waals surface area contributed by atoms with Gasteiger partial charge in [0.2, 0.25) is 0 Å². The number of halogens is 2. The molecule has 0 saturated carbocycles. The normalized spacial score (nSPS) is 11.2. The van der Waals surface area contributed by atoms with Gasteiger partial charge < -0.3 is 4.74 Å². The Bertz CT molecular complexity index is 776. The molecule has 0 aromatic heterocycles. The lowest BCUT2D eigenvalue weighted by atomic mass is 10.2. The topological polar surface area (TPSA) is 55.4 Å². The standard InChI is InChI=1S/C14H13F2NO3S/c1-9-7-10(15)4-6-14(9)21(18,19)17-12-8-11(16)3-5-13(12)20-2/h3-8,17H,1-2H3. The number of anilines is 1. The fourth-order valence-electron chi connectivity index (χ4n) is 1.87. The first-order valence-electron chi connectivity index (χ1n) is 5.96. The summed E-state index contributed by atoms with van der Waals surface area (Å²) in [5.74, 6) is -0.959. The second-order valence-electron chi connectivity index (χ2n) is 4.36. The first-order chi connectivity index (χ1) is 9.83. The minimum Gasteiger partial charge on any atom is -0.495 e. The number of ether oxygens (including phenoxy) is 1. The van der Waals surface area contributed by atoms with Gasteiger partial charge >= 0.3 is 0 Å². The van der Waals surface area contributed by atoms with E-state index in [1.54, 1.807) is 0 Å². The van der Waals surface area contributed by atoms with Crippen molar-refractivity contribution in [2.24, 2.45) is 0 Å². The van der Waals surface area contributed by atoms with E-state index in [0.29, 0.717) is 0 Å². The average molecular weight is 313 g/mol. The van der Waals surface area contributed by atoms with E-state index in [0.717, 1.165) is 30.3 Å². The van der Waals surface area contributed by atoms with E-state index in [1.807, 2.05) is 0 Å². The van der Waals surface area contributed by atoms with E-state index in [2.05, 4.69) is 4.72 Å². The minimum absolute atomic E-state index is 0.0266. The fraction of sp³-hybridized carbons (Fsp3) is 0.143. The van der Waals surface area contributed by atoms with Crippen LogP contribution in [0.4, 0.5) is 14.5 Å². The summed E-state index contributed by atoms with van der Waals surface area (Å²) in [5.41, 5.74) is 0.221. The summed E-state index contributed by atoms with van der Waals surface area (Å²) < 4.78 is 58.1. The zero-order valence-electron chi connectivity index (χ0n) is 11.4. The Morgan fingerprint density at radius 1 is 1.05 bits per heavy atom. The highest BCUT2D eigenvalue weighted by atomic mass is 32.2. The van der Waals surface area contributed by atoms with E-state index >= 15 is 0 Å². The molecule has 112 valence electrons. The number of nitrogens with one attached hydrogen (secondary N) is 1. The SMILES string of the molecule is COc1ccc(F)cc1NS(=O)(=O)c1ccc(F)cc1C. The third-order valence-corrected chi connectivity index (χ3v) is 4.36. The van der Waals surface area contributed by atoms with Gasteiger partial charge in [0.05, 0.1) is 17.7 Å². The largest absolute Gasteiger partial charge is 0.495 e. The van der Waals surface area contributed by atoms with Crippen LogP contribution in [0, 0.1) is 18.6 Å². The molecule has 7 heteroatoms. The summed E-state index contributed by atoms with van der Waals surface area (Å²) in [5, 5.41) is 0. The molecule has 2 aromatic carbocycles. The van der Waals surface area contributed by atoms with Crippen LogP contribution >= 0.6 is 0 Å². The molecule has 4 nitrogen and oxygen atoms in total. The summed E-state index contributed by atoms with van der Waals surface area (Å²) >= 11 is 0. The van der Waals surface area contributed by atoms with Crippen LogP contribution in [-0.2, 0) is 10.0 Å². The molecule has 0 aliphatic heterocycles. The highest BCUT2D eigenvalue weighted by molar-refractivity contribution is 7.92. The van der Waals surface area contributed by atoms with Gasteiger partial charge in [0, 0.05) is 6.07 Å². The first kappa shape index (κ1) is 15.2. The van der Waals surface area contributed by atoms with Crippen molar-refractivity contribution in [2.45, 2.75) is 11.8 Å². The van der Waals surface area contributed by atoms with Crippen LogP contribution in [0.2, 0.25) is 0 Å². The Hall–Kier alpha value is -2.15. The van der Waals surface area contributed by atoms with E-state index in [1.165, 1.54) is 20.1 Å². The van der Waals surface area contributed by atoms with E-state index in [4.69, 9.17) is 4.74 Å². The molecule has 2 aromatic rings. The monoisotopic (exact) mass is 313 g/mol. The molecule has 2 rings (SSSR count). The van der Waals surface area contributed by atoms with Crippen molar-refractivity contribution in [3.05, 3.63) is 53.6 Å². The molecule has 0 atom stereocenters. The Balaban J connectivity index is 2.44. The maximum atomic E-state index is 13.3. The predicted molar refractivity (Wildman–Crippen MR) is 74.9 cm³/mol. The third kappa shape index (κ3) is 3.30. The van der Waals surface area contributed by atoms with Gasteiger partial charge in [0.1, 0.15) is 17.4 Å². The third-order valence-electron chi connectivity index (χ3n) is 2.83. The lowest BCUT2D eigenvalue weighted by Gasteiger charge is -2.13. The van der Waals surface area contributed by atoms with Crippen molar-refractivity contribution in [1.29, 1.82) is 0 Å². The van der Waals surface area contributed by atoms with Gasteiger partial charge in [-0.1, -0.05) is 0 Å². The van der Waals surface area contributed by atoms with Gasteiger partial charge in [0.15, 0.2) is 0 Å². The molecule has 0 aliphatic carbocycles. The highest BCUT2D eigenvalue weighted by Crippen LogP contribution is 2.28. The quantitative estimate of drug-likeness (QED) is 0.944. The van der Waals surface area contributed by atoms with Crippen LogP contribution in [0.1, 0.15) is 5.56 Å². The van der Waals surface area contributed by atoms with Crippen molar-refractivity contribution in [3.63, 3.8) is 0 Å².